The van der Waals surface area contributed by atoms with Gasteiger partial charge in [0.15, 0.2) is 0 Å². The number of nitrogens with zero attached hydrogens (tertiary/aromatic N) is 1. The monoisotopic (exact) mass is 230 g/mol. The molecule has 0 saturated heterocycles. The van der Waals surface area contributed by atoms with E-state index < -0.39 is 0 Å². The molecular formula is C14H15FN2. The molecule has 0 radical (unpaired) electrons. The molecule has 0 unspecified atom stereocenters. The molecule has 0 amide bonds. The number of nitrogen functional groups attached to an aromatic ring is 1. The number of pyridine rings is 1. The molecule has 17 heavy (non-hydrogen) atoms. The van der Waals surface area contributed by atoms with Gasteiger partial charge in [0, 0.05) is 17.4 Å². The maximum absolute atomic E-state index is 13.6. The van der Waals surface area contributed by atoms with Gasteiger partial charge in [0.05, 0.1) is 5.69 Å². The van der Waals surface area contributed by atoms with E-state index in [4.69, 9.17) is 5.73 Å². The third-order valence-corrected chi connectivity index (χ3v) is 2.74. The Labute approximate surface area is 100 Å². The van der Waals surface area contributed by atoms with Crippen molar-refractivity contribution < 1.29 is 4.39 Å². The number of rotatable bonds is 2. The van der Waals surface area contributed by atoms with Crippen LogP contribution in [0.3, 0.4) is 0 Å². The van der Waals surface area contributed by atoms with E-state index in [0.717, 1.165) is 5.56 Å². The lowest BCUT2D eigenvalue weighted by Gasteiger charge is -2.13. The van der Waals surface area contributed by atoms with Crippen molar-refractivity contribution in [2.24, 2.45) is 0 Å². The minimum Gasteiger partial charge on any atom is -0.398 e. The van der Waals surface area contributed by atoms with Crippen LogP contribution in [-0.4, -0.2) is 4.98 Å². The minimum atomic E-state index is -0.274. The summed E-state index contributed by atoms with van der Waals surface area (Å²) < 4.78 is 13.6. The smallest absolute Gasteiger partial charge is 0.124 e. The molecule has 0 aliphatic heterocycles. The van der Waals surface area contributed by atoms with Gasteiger partial charge in [0.1, 0.15) is 5.82 Å². The molecule has 1 aromatic carbocycles. The molecule has 2 nitrogen and oxygen atoms in total. The third-order valence-electron chi connectivity index (χ3n) is 2.74. The Morgan fingerprint density at radius 1 is 1.24 bits per heavy atom. The van der Waals surface area contributed by atoms with Gasteiger partial charge in [-0.1, -0.05) is 19.9 Å². The molecule has 2 N–H and O–H groups in total. The zero-order chi connectivity index (χ0) is 12.4. The van der Waals surface area contributed by atoms with Crippen LogP contribution in [-0.2, 0) is 0 Å². The van der Waals surface area contributed by atoms with Gasteiger partial charge in [-0.05, 0) is 35.7 Å². The van der Waals surface area contributed by atoms with Crippen LogP contribution in [0.1, 0.15) is 25.3 Å². The topological polar surface area (TPSA) is 38.9 Å². The predicted molar refractivity (Wildman–Crippen MR) is 68.1 cm³/mol. The van der Waals surface area contributed by atoms with E-state index in [1.807, 2.05) is 32.0 Å². The summed E-state index contributed by atoms with van der Waals surface area (Å²) in [7, 11) is 0. The van der Waals surface area contributed by atoms with Crippen molar-refractivity contribution in [1.82, 2.24) is 4.98 Å². The van der Waals surface area contributed by atoms with E-state index >= 15 is 0 Å². The summed E-state index contributed by atoms with van der Waals surface area (Å²) in [6.07, 6.45) is 1.68. The van der Waals surface area contributed by atoms with E-state index in [1.54, 1.807) is 6.20 Å². The molecule has 0 bridgehead atoms. The fourth-order valence-electron chi connectivity index (χ4n) is 1.85. The highest BCUT2D eigenvalue weighted by Gasteiger charge is 2.13. The summed E-state index contributed by atoms with van der Waals surface area (Å²) in [6, 6.07) is 8.44. The number of nitrogens with two attached hydrogens (primary N) is 1. The van der Waals surface area contributed by atoms with Crippen LogP contribution in [0, 0.1) is 5.82 Å². The highest BCUT2D eigenvalue weighted by Crippen LogP contribution is 2.32. The Bertz CT molecular complexity index is 521. The second kappa shape index (κ2) is 4.53. The highest BCUT2D eigenvalue weighted by molar-refractivity contribution is 5.76. The minimum absolute atomic E-state index is 0.188. The molecule has 0 atom stereocenters. The van der Waals surface area contributed by atoms with Gasteiger partial charge in [0.2, 0.25) is 0 Å². The molecule has 0 saturated carbocycles. The first kappa shape index (κ1) is 11.6. The van der Waals surface area contributed by atoms with Crippen molar-refractivity contribution in [2.75, 3.05) is 5.73 Å². The fourth-order valence-corrected chi connectivity index (χ4v) is 1.85. The Morgan fingerprint density at radius 3 is 2.59 bits per heavy atom. The lowest BCUT2D eigenvalue weighted by Crippen LogP contribution is -2.01. The van der Waals surface area contributed by atoms with Crippen molar-refractivity contribution in [3.63, 3.8) is 0 Å². The highest BCUT2D eigenvalue weighted by atomic mass is 19.1. The van der Waals surface area contributed by atoms with Crippen molar-refractivity contribution in [3.05, 3.63) is 47.9 Å². The van der Waals surface area contributed by atoms with Crippen molar-refractivity contribution >= 4 is 5.69 Å². The first-order valence-corrected chi connectivity index (χ1v) is 5.60. The van der Waals surface area contributed by atoms with Crippen molar-refractivity contribution in [2.45, 2.75) is 19.8 Å². The van der Waals surface area contributed by atoms with Gasteiger partial charge in [-0.3, -0.25) is 4.98 Å². The second-order valence-electron chi connectivity index (χ2n) is 4.33. The van der Waals surface area contributed by atoms with Crippen molar-refractivity contribution in [3.8, 4) is 11.3 Å². The first-order valence-electron chi connectivity index (χ1n) is 5.60. The van der Waals surface area contributed by atoms with Crippen LogP contribution in [0.15, 0.2) is 36.5 Å². The number of halogens is 1. The van der Waals surface area contributed by atoms with Crippen LogP contribution >= 0.6 is 0 Å². The molecular weight excluding hydrogens is 215 g/mol. The van der Waals surface area contributed by atoms with Crippen LogP contribution in [0.4, 0.5) is 10.1 Å². The fraction of sp³-hybridized carbons (Fsp3) is 0.214. The standard InChI is InChI=1S/C14H15FN2/c1-9(2)11-7-10(15)8-12(14(11)16)13-5-3-4-6-17-13/h3-9H,16H2,1-2H3. The van der Waals surface area contributed by atoms with E-state index in [1.165, 1.54) is 12.1 Å². The SMILES string of the molecule is CC(C)c1cc(F)cc(-c2ccccn2)c1N. The van der Waals surface area contributed by atoms with Gasteiger partial charge in [-0.15, -0.1) is 0 Å². The van der Waals surface area contributed by atoms with Crippen LogP contribution in [0.5, 0.6) is 0 Å². The van der Waals surface area contributed by atoms with Gasteiger partial charge >= 0.3 is 0 Å². The van der Waals surface area contributed by atoms with E-state index in [0.29, 0.717) is 16.9 Å². The van der Waals surface area contributed by atoms with Crippen LogP contribution in [0.25, 0.3) is 11.3 Å². The average Bonchev–Trinajstić information content (AvgIpc) is 2.32. The first-order chi connectivity index (χ1) is 8.09. The van der Waals surface area contributed by atoms with E-state index in [9.17, 15) is 4.39 Å². The average molecular weight is 230 g/mol. The van der Waals surface area contributed by atoms with Crippen LogP contribution in [0.2, 0.25) is 0 Å². The Balaban J connectivity index is 2.63. The third kappa shape index (κ3) is 2.28. The summed E-state index contributed by atoms with van der Waals surface area (Å²) in [6.45, 7) is 3.99. The molecule has 0 fully saturated rings. The summed E-state index contributed by atoms with van der Waals surface area (Å²) in [5, 5.41) is 0. The van der Waals surface area contributed by atoms with Crippen LogP contribution < -0.4 is 5.73 Å². The summed E-state index contributed by atoms with van der Waals surface area (Å²) in [5.41, 5.74) is 8.88. The maximum Gasteiger partial charge on any atom is 0.124 e. The Kier molecular flexibility index (Phi) is 3.09. The predicted octanol–water partition coefficient (Wildman–Crippen LogP) is 3.59. The van der Waals surface area contributed by atoms with E-state index in [2.05, 4.69) is 4.98 Å². The number of benzene rings is 1. The zero-order valence-corrected chi connectivity index (χ0v) is 9.94. The number of hydrogen-bond donors (Lipinski definition) is 1. The summed E-state index contributed by atoms with van der Waals surface area (Å²) in [4.78, 5) is 4.20. The second-order valence-corrected chi connectivity index (χ2v) is 4.33. The van der Waals surface area contributed by atoms with Gasteiger partial charge in [-0.2, -0.15) is 0 Å². The molecule has 2 rings (SSSR count). The van der Waals surface area contributed by atoms with Gasteiger partial charge < -0.3 is 5.73 Å². The van der Waals surface area contributed by atoms with Gasteiger partial charge in [-0.25, -0.2) is 4.39 Å². The number of anilines is 1. The zero-order valence-electron chi connectivity index (χ0n) is 9.94. The Morgan fingerprint density at radius 2 is 2.00 bits per heavy atom. The normalized spacial score (nSPS) is 10.8. The molecule has 0 aliphatic carbocycles. The lowest BCUT2D eigenvalue weighted by atomic mass is 9.96. The largest absolute Gasteiger partial charge is 0.398 e. The van der Waals surface area contributed by atoms with Crippen molar-refractivity contribution in [1.29, 1.82) is 0 Å². The molecule has 0 aliphatic rings. The van der Waals surface area contributed by atoms with Gasteiger partial charge in [0.25, 0.3) is 0 Å². The Hall–Kier alpha value is -1.90. The summed E-state index contributed by atoms with van der Waals surface area (Å²) in [5.74, 6) is -0.0864. The summed E-state index contributed by atoms with van der Waals surface area (Å²) >= 11 is 0. The maximum atomic E-state index is 13.6. The molecule has 1 aromatic heterocycles. The quantitative estimate of drug-likeness (QED) is 0.801. The number of aromatic nitrogens is 1. The molecule has 0 spiro atoms. The molecule has 1 heterocycles. The number of hydrogen-bond acceptors (Lipinski definition) is 2. The molecule has 88 valence electrons. The molecule has 3 heteroatoms. The molecule has 2 aromatic rings. The van der Waals surface area contributed by atoms with E-state index in [-0.39, 0.29) is 11.7 Å². The lowest BCUT2D eigenvalue weighted by molar-refractivity contribution is 0.624.